The quantitative estimate of drug-likeness (QED) is 0.439. The smallest absolute Gasteiger partial charge is 0.193 e. The monoisotopic (exact) mass is 359 g/mol. The number of nitrogens with one attached hydrogen (secondary N) is 1. The van der Waals surface area contributed by atoms with Gasteiger partial charge in [-0.25, -0.2) is 0 Å². The van der Waals surface area contributed by atoms with Crippen LogP contribution in [0.5, 0.6) is 5.75 Å². The molecular formula is C21H33N3O2. The lowest BCUT2D eigenvalue weighted by Gasteiger charge is -2.38. The van der Waals surface area contributed by atoms with Crippen molar-refractivity contribution in [3.8, 4) is 5.75 Å². The van der Waals surface area contributed by atoms with Crippen molar-refractivity contribution in [1.29, 1.82) is 0 Å². The molecule has 1 aliphatic heterocycles. The number of ether oxygens (including phenoxy) is 2. The van der Waals surface area contributed by atoms with Crippen LogP contribution in [-0.4, -0.2) is 50.8 Å². The number of methoxy groups -OCH3 is 1. The minimum atomic E-state index is 0.609. The third-order valence-electron chi connectivity index (χ3n) is 5.62. The maximum Gasteiger partial charge on any atom is 0.193 e. The van der Waals surface area contributed by atoms with E-state index in [0.717, 1.165) is 44.4 Å². The molecule has 1 aromatic carbocycles. The highest BCUT2D eigenvalue weighted by Gasteiger charge is 2.43. The summed E-state index contributed by atoms with van der Waals surface area (Å²) in [6.45, 7) is 7.60. The average molecular weight is 360 g/mol. The average Bonchev–Trinajstić information content (AvgIpc) is 3.10. The van der Waals surface area contributed by atoms with Gasteiger partial charge in [-0.2, -0.15) is 0 Å². The fourth-order valence-electron chi connectivity index (χ4n) is 3.89. The molecule has 26 heavy (non-hydrogen) atoms. The Morgan fingerprint density at radius 3 is 2.65 bits per heavy atom. The van der Waals surface area contributed by atoms with Gasteiger partial charge in [0, 0.05) is 32.8 Å². The van der Waals surface area contributed by atoms with Crippen LogP contribution in [0.1, 0.15) is 44.6 Å². The van der Waals surface area contributed by atoms with E-state index in [4.69, 9.17) is 14.5 Å². The number of nitrogens with zero attached hydrogens (tertiary/aromatic N) is 2. The van der Waals surface area contributed by atoms with Crippen LogP contribution in [0.15, 0.2) is 29.3 Å². The molecule has 0 aromatic heterocycles. The molecule has 2 fully saturated rings. The highest BCUT2D eigenvalue weighted by molar-refractivity contribution is 5.80. The summed E-state index contributed by atoms with van der Waals surface area (Å²) >= 11 is 0. The van der Waals surface area contributed by atoms with Crippen molar-refractivity contribution in [2.75, 3.05) is 39.9 Å². The van der Waals surface area contributed by atoms with Gasteiger partial charge < -0.3 is 19.7 Å². The van der Waals surface area contributed by atoms with Gasteiger partial charge in [0.25, 0.3) is 0 Å². The predicted molar refractivity (Wildman–Crippen MR) is 106 cm³/mol. The predicted octanol–water partition coefficient (Wildman–Crippen LogP) is 3.44. The van der Waals surface area contributed by atoms with E-state index in [1.807, 2.05) is 24.3 Å². The first kappa shape index (κ1) is 19.0. The van der Waals surface area contributed by atoms with Gasteiger partial charge in [0.2, 0.25) is 0 Å². The molecule has 1 saturated heterocycles. The van der Waals surface area contributed by atoms with Gasteiger partial charge in [0.05, 0.1) is 13.7 Å². The maximum atomic E-state index is 5.78. The zero-order valence-corrected chi connectivity index (χ0v) is 16.3. The summed E-state index contributed by atoms with van der Waals surface area (Å²) in [5.74, 6) is 1.97. The van der Waals surface area contributed by atoms with Gasteiger partial charge >= 0.3 is 0 Å². The molecule has 5 heteroatoms. The molecule has 2 aliphatic rings. The fraction of sp³-hybridized carbons (Fsp3) is 0.667. The summed E-state index contributed by atoms with van der Waals surface area (Å²) in [5, 5.41) is 3.46. The zero-order valence-electron chi connectivity index (χ0n) is 16.3. The van der Waals surface area contributed by atoms with Crippen LogP contribution in [0.25, 0.3) is 0 Å². The summed E-state index contributed by atoms with van der Waals surface area (Å²) in [7, 11) is 1.68. The lowest BCUT2D eigenvalue weighted by Crippen LogP contribution is -2.42. The zero-order chi connectivity index (χ0) is 18.2. The van der Waals surface area contributed by atoms with Crippen LogP contribution in [-0.2, 0) is 11.3 Å². The largest absolute Gasteiger partial charge is 0.497 e. The minimum Gasteiger partial charge on any atom is -0.497 e. The van der Waals surface area contributed by atoms with Crippen LogP contribution in [0.3, 0.4) is 0 Å². The Morgan fingerprint density at radius 2 is 2.04 bits per heavy atom. The lowest BCUT2D eigenvalue weighted by atomic mass is 9.68. The van der Waals surface area contributed by atoms with E-state index >= 15 is 0 Å². The molecule has 144 valence electrons. The summed E-state index contributed by atoms with van der Waals surface area (Å²) < 4.78 is 10.9. The number of guanidine groups is 1. The molecule has 0 unspecified atom stereocenters. The Morgan fingerprint density at radius 1 is 1.23 bits per heavy atom. The number of benzene rings is 1. The second-order valence-corrected chi connectivity index (χ2v) is 7.51. The standard InChI is InChI=1S/C21H33N3O2/c1-3-22-20(24-14-12-21(17-24)10-4-11-21)23-13-5-15-26-16-18-6-8-19(25-2)9-7-18/h6-9H,3-5,10-17H2,1-2H3,(H,22,23). The normalized spacial score (nSPS) is 18.8. The topological polar surface area (TPSA) is 46.1 Å². The van der Waals surface area contributed by atoms with E-state index in [-0.39, 0.29) is 0 Å². The van der Waals surface area contributed by atoms with Gasteiger partial charge in [-0.05, 0) is 55.7 Å². The highest BCUT2D eigenvalue weighted by atomic mass is 16.5. The van der Waals surface area contributed by atoms with Crippen molar-refractivity contribution in [2.45, 2.75) is 45.6 Å². The Labute approximate surface area is 157 Å². The second kappa shape index (κ2) is 9.26. The molecule has 3 rings (SSSR count). The third-order valence-corrected chi connectivity index (χ3v) is 5.62. The van der Waals surface area contributed by atoms with Crippen LogP contribution in [0.2, 0.25) is 0 Å². The third kappa shape index (κ3) is 4.91. The van der Waals surface area contributed by atoms with E-state index in [1.54, 1.807) is 7.11 Å². The molecule has 1 heterocycles. The Hall–Kier alpha value is -1.75. The Kier molecular flexibility index (Phi) is 6.78. The van der Waals surface area contributed by atoms with E-state index < -0.39 is 0 Å². The number of hydrogen-bond acceptors (Lipinski definition) is 3. The van der Waals surface area contributed by atoms with Crippen molar-refractivity contribution in [1.82, 2.24) is 10.2 Å². The molecular weight excluding hydrogens is 326 g/mol. The van der Waals surface area contributed by atoms with Gasteiger partial charge in [-0.3, -0.25) is 4.99 Å². The van der Waals surface area contributed by atoms with Crippen LogP contribution in [0, 0.1) is 5.41 Å². The Balaban J connectivity index is 1.36. The van der Waals surface area contributed by atoms with Crippen molar-refractivity contribution < 1.29 is 9.47 Å². The van der Waals surface area contributed by atoms with Crippen molar-refractivity contribution in [3.63, 3.8) is 0 Å². The summed E-state index contributed by atoms with van der Waals surface area (Å²) in [4.78, 5) is 7.28. The molecule has 0 amide bonds. The van der Waals surface area contributed by atoms with Crippen molar-refractivity contribution in [2.24, 2.45) is 10.4 Å². The molecule has 5 nitrogen and oxygen atoms in total. The first-order valence-corrected chi connectivity index (χ1v) is 9.99. The minimum absolute atomic E-state index is 0.609. The Bertz CT molecular complexity index is 581. The van der Waals surface area contributed by atoms with Gasteiger partial charge in [-0.15, -0.1) is 0 Å². The van der Waals surface area contributed by atoms with Gasteiger partial charge in [0.15, 0.2) is 5.96 Å². The summed E-state index contributed by atoms with van der Waals surface area (Å²) in [5.41, 5.74) is 1.78. The number of likely N-dealkylation sites (tertiary alicyclic amines) is 1. The number of hydrogen-bond donors (Lipinski definition) is 1. The van der Waals surface area contributed by atoms with E-state index in [0.29, 0.717) is 12.0 Å². The molecule has 0 radical (unpaired) electrons. The van der Waals surface area contributed by atoms with Crippen molar-refractivity contribution >= 4 is 5.96 Å². The van der Waals surface area contributed by atoms with Gasteiger partial charge in [-0.1, -0.05) is 18.6 Å². The fourth-order valence-corrected chi connectivity index (χ4v) is 3.89. The molecule has 1 aromatic rings. The molecule has 1 N–H and O–H groups in total. The SMILES string of the molecule is CCNC(=NCCCOCc1ccc(OC)cc1)N1CCC2(CCC2)C1. The molecule has 0 bridgehead atoms. The van der Waals surface area contributed by atoms with Crippen LogP contribution < -0.4 is 10.1 Å². The van der Waals surface area contributed by atoms with Crippen LogP contribution in [0.4, 0.5) is 0 Å². The molecule has 0 atom stereocenters. The maximum absolute atomic E-state index is 5.78. The van der Waals surface area contributed by atoms with E-state index in [1.165, 1.54) is 37.8 Å². The molecule has 1 saturated carbocycles. The molecule has 1 aliphatic carbocycles. The summed E-state index contributed by atoms with van der Waals surface area (Å²) in [6.07, 6.45) is 6.50. The number of aliphatic imine (C=N–C) groups is 1. The van der Waals surface area contributed by atoms with E-state index in [2.05, 4.69) is 17.1 Å². The first-order chi connectivity index (χ1) is 12.7. The van der Waals surface area contributed by atoms with Crippen LogP contribution >= 0.6 is 0 Å². The van der Waals surface area contributed by atoms with Crippen molar-refractivity contribution in [3.05, 3.63) is 29.8 Å². The molecule has 1 spiro atoms. The van der Waals surface area contributed by atoms with E-state index in [9.17, 15) is 0 Å². The second-order valence-electron chi connectivity index (χ2n) is 7.51. The van der Waals surface area contributed by atoms with Gasteiger partial charge in [0.1, 0.15) is 5.75 Å². The highest BCUT2D eigenvalue weighted by Crippen LogP contribution is 2.47. The summed E-state index contributed by atoms with van der Waals surface area (Å²) in [6, 6.07) is 8.03. The lowest BCUT2D eigenvalue weighted by molar-refractivity contribution is 0.120. The number of rotatable bonds is 8. The first-order valence-electron chi connectivity index (χ1n) is 9.99.